The zero-order chi connectivity index (χ0) is 20.3. The van der Waals surface area contributed by atoms with Gasteiger partial charge in [0.15, 0.2) is 5.76 Å². The number of hydrogen-bond donors (Lipinski definition) is 1. The van der Waals surface area contributed by atoms with E-state index in [1.807, 2.05) is 36.1 Å². The van der Waals surface area contributed by atoms with E-state index in [9.17, 15) is 13.2 Å². The van der Waals surface area contributed by atoms with E-state index in [1.165, 1.54) is 0 Å². The first-order valence-electron chi connectivity index (χ1n) is 9.56. The number of nitrogens with zero attached hydrogens (tertiary/aromatic N) is 2. The maximum atomic E-state index is 12.6. The quantitative estimate of drug-likeness (QED) is 0.798. The summed E-state index contributed by atoms with van der Waals surface area (Å²) in [6, 6.07) is 7.64. The number of sulfonamides is 1. The molecule has 2 aromatic rings. The molecule has 0 spiro atoms. The van der Waals surface area contributed by atoms with Crippen molar-refractivity contribution in [2.75, 3.05) is 19.6 Å². The summed E-state index contributed by atoms with van der Waals surface area (Å²) in [5.41, 5.74) is 2.22. The standard InChI is InChI=1S/C20H27N3O4S/c1-14-4-6-18(7-5-14)20(24)23-12-9-17(10-13-23)8-11-21-28(25,26)19-15(2)22-27-16(19)3/h4-7,17,21H,8-13H2,1-3H3. The Labute approximate surface area is 166 Å². The second-order valence-corrected chi connectivity index (χ2v) is 9.15. The Morgan fingerprint density at radius 3 is 2.39 bits per heavy atom. The van der Waals surface area contributed by atoms with Crippen molar-refractivity contribution in [1.82, 2.24) is 14.8 Å². The van der Waals surface area contributed by atoms with E-state index in [2.05, 4.69) is 9.88 Å². The average Bonchev–Trinajstić information content (AvgIpc) is 3.01. The van der Waals surface area contributed by atoms with Crippen LogP contribution in [0.3, 0.4) is 0 Å². The van der Waals surface area contributed by atoms with Gasteiger partial charge in [0.2, 0.25) is 10.0 Å². The molecule has 0 aliphatic carbocycles. The van der Waals surface area contributed by atoms with Crippen molar-refractivity contribution in [3.05, 3.63) is 46.8 Å². The van der Waals surface area contributed by atoms with Crippen LogP contribution >= 0.6 is 0 Å². The molecule has 1 N–H and O–H groups in total. The van der Waals surface area contributed by atoms with Gasteiger partial charge in [0, 0.05) is 25.2 Å². The Kier molecular flexibility index (Phi) is 6.20. The molecular weight excluding hydrogens is 378 g/mol. The van der Waals surface area contributed by atoms with Crippen LogP contribution in [0.2, 0.25) is 0 Å². The molecule has 1 fully saturated rings. The Bertz CT molecular complexity index is 907. The van der Waals surface area contributed by atoms with Crippen molar-refractivity contribution >= 4 is 15.9 Å². The summed E-state index contributed by atoms with van der Waals surface area (Å²) in [5.74, 6) is 0.764. The summed E-state index contributed by atoms with van der Waals surface area (Å²) >= 11 is 0. The van der Waals surface area contributed by atoms with Crippen molar-refractivity contribution in [3.8, 4) is 0 Å². The molecule has 1 aromatic heterocycles. The number of likely N-dealkylation sites (tertiary alicyclic amines) is 1. The molecule has 152 valence electrons. The van der Waals surface area contributed by atoms with Crippen LogP contribution < -0.4 is 4.72 Å². The fraction of sp³-hybridized carbons (Fsp3) is 0.500. The molecule has 1 aliphatic rings. The molecule has 0 atom stereocenters. The van der Waals surface area contributed by atoms with E-state index >= 15 is 0 Å². The lowest BCUT2D eigenvalue weighted by molar-refractivity contribution is 0.0687. The smallest absolute Gasteiger partial charge is 0.253 e. The predicted octanol–water partition coefficient (Wildman–Crippen LogP) is 2.82. The van der Waals surface area contributed by atoms with Crippen LogP contribution in [0.4, 0.5) is 0 Å². The molecule has 1 aromatic carbocycles. The van der Waals surface area contributed by atoms with Crippen LogP contribution in [-0.4, -0.2) is 44.0 Å². The highest BCUT2D eigenvalue weighted by Crippen LogP contribution is 2.23. The van der Waals surface area contributed by atoms with Gasteiger partial charge in [-0.15, -0.1) is 0 Å². The van der Waals surface area contributed by atoms with Gasteiger partial charge in [0.05, 0.1) is 0 Å². The second-order valence-electron chi connectivity index (χ2n) is 7.44. The van der Waals surface area contributed by atoms with Crippen molar-refractivity contribution in [2.45, 2.75) is 44.9 Å². The van der Waals surface area contributed by atoms with Gasteiger partial charge >= 0.3 is 0 Å². The summed E-state index contributed by atoms with van der Waals surface area (Å²) < 4.78 is 32.5. The van der Waals surface area contributed by atoms with Gasteiger partial charge in [0.1, 0.15) is 10.6 Å². The van der Waals surface area contributed by atoms with Crippen LogP contribution in [0.5, 0.6) is 0 Å². The molecule has 28 heavy (non-hydrogen) atoms. The van der Waals surface area contributed by atoms with E-state index < -0.39 is 10.0 Å². The largest absolute Gasteiger partial charge is 0.360 e. The molecule has 7 nitrogen and oxygen atoms in total. The SMILES string of the molecule is Cc1ccc(C(=O)N2CCC(CCNS(=O)(=O)c3c(C)noc3C)CC2)cc1. The normalized spacial score (nSPS) is 15.8. The number of aromatic nitrogens is 1. The third-order valence-corrected chi connectivity index (χ3v) is 6.99. The molecule has 0 bridgehead atoms. The topological polar surface area (TPSA) is 92.5 Å². The van der Waals surface area contributed by atoms with Gasteiger partial charge in [-0.1, -0.05) is 22.9 Å². The number of piperidine rings is 1. The van der Waals surface area contributed by atoms with E-state index in [0.717, 1.165) is 30.4 Å². The first-order chi connectivity index (χ1) is 13.3. The average molecular weight is 406 g/mol. The van der Waals surface area contributed by atoms with E-state index in [1.54, 1.807) is 13.8 Å². The monoisotopic (exact) mass is 405 g/mol. The summed E-state index contributed by atoms with van der Waals surface area (Å²) in [4.78, 5) is 14.6. The third-order valence-electron chi connectivity index (χ3n) is 5.28. The van der Waals surface area contributed by atoms with E-state index in [0.29, 0.717) is 37.0 Å². The molecule has 0 radical (unpaired) electrons. The Morgan fingerprint density at radius 1 is 1.18 bits per heavy atom. The number of benzene rings is 1. The molecule has 3 rings (SSSR count). The molecule has 2 heterocycles. The minimum atomic E-state index is -3.61. The highest BCUT2D eigenvalue weighted by molar-refractivity contribution is 7.89. The summed E-state index contributed by atoms with van der Waals surface area (Å²) in [7, 11) is -3.61. The Hall–Kier alpha value is -2.19. The molecule has 8 heteroatoms. The van der Waals surface area contributed by atoms with Gasteiger partial charge in [-0.25, -0.2) is 13.1 Å². The van der Waals surface area contributed by atoms with E-state index in [-0.39, 0.29) is 10.8 Å². The van der Waals surface area contributed by atoms with Gasteiger partial charge in [-0.2, -0.15) is 0 Å². The van der Waals surface area contributed by atoms with Crippen LogP contribution in [0.25, 0.3) is 0 Å². The number of aryl methyl sites for hydroxylation is 3. The fourth-order valence-electron chi connectivity index (χ4n) is 3.63. The van der Waals surface area contributed by atoms with Crippen molar-refractivity contribution in [1.29, 1.82) is 0 Å². The van der Waals surface area contributed by atoms with Crippen molar-refractivity contribution < 1.29 is 17.7 Å². The highest BCUT2D eigenvalue weighted by Gasteiger charge is 2.26. The molecule has 0 unspecified atom stereocenters. The zero-order valence-corrected chi connectivity index (χ0v) is 17.4. The first kappa shape index (κ1) is 20.5. The van der Waals surface area contributed by atoms with Crippen LogP contribution in [0.15, 0.2) is 33.7 Å². The van der Waals surface area contributed by atoms with Crippen molar-refractivity contribution in [2.24, 2.45) is 5.92 Å². The van der Waals surface area contributed by atoms with Gasteiger partial charge in [0.25, 0.3) is 5.91 Å². The number of carbonyl (C=O) groups excluding carboxylic acids is 1. The lowest BCUT2D eigenvalue weighted by atomic mass is 9.93. The summed E-state index contributed by atoms with van der Waals surface area (Å²) in [6.45, 7) is 6.98. The number of amides is 1. The zero-order valence-electron chi connectivity index (χ0n) is 16.6. The van der Waals surface area contributed by atoms with Crippen LogP contribution in [-0.2, 0) is 10.0 Å². The fourth-order valence-corrected chi connectivity index (χ4v) is 5.00. The molecule has 1 aliphatic heterocycles. The Morgan fingerprint density at radius 2 is 1.82 bits per heavy atom. The maximum absolute atomic E-state index is 12.6. The van der Waals surface area contributed by atoms with Crippen molar-refractivity contribution in [3.63, 3.8) is 0 Å². The van der Waals surface area contributed by atoms with Crippen LogP contribution in [0, 0.1) is 26.7 Å². The van der Waals surface area contributed by atoms with Gasteiger partial charge in [-0.3, -0.25) is 4.79 Å². The van der Waals surface area contributed by atoms with E-state index in [4.69, 9.17) is 4.52 Å². The second kappa shape index (κ2) is 8.45. The maximum Gasteiger partial charge on any atom is 0.253 e. The summed E-state index contributed by atoms with van der Waals surface area (Å²) in [5, 5.41) is 3.70. The predicted molar refractivity (Wildman–Crippen MR) is 106 cm³/mol. The van der Waals surface area contributed by atoms with Crippen LogP contribution in [0.1, 0.15) is 46.6 Å². The third kappa shape index (κ3) is 4.62. The Balaban J connectivity index is 1.47. The minimum Gasteiger partial charge on any atom is -0.360 e. The number of hydrogen-bond acceptors (Lipinski definition) is 5. The molecular formula is C20H27N3O4S. The van der Waals surface area contributed by atoms with Gasteiger partial charge in [-0.05, 0) is 58.1 Å². The number of nitrogens with one attached hydrogen (secondary N) is 1. The summed E-state index contributed by atoms with van der Waals surface area (Å²) in [6.07, 6.45) is 2.50. The lowest BCUT2D eigenvalue weighted by Crippen LogP contribution is -2.39. The highest BCUT2D eigenvalue weighted by atomic mass is 32.2. The molecule has 0 saturated carbocycles. The number of carbonyl (C=O) groups is 1. The first-order valence-corrected chi connectivity index (χ1v) is 11.0. The minimum absolute atomic E-state index is 0.0672. The molecule has 1 saturated heterocycles. The lowest BCUT2D eigenvalue weighted by Gasteiger charge is -2.32. The number of rotatable bonds is 6. The molecule has 1 amide bonds. The van der Waals surface area contributed by atoms with Gasteiger partial charge < -0.3 is 9.42 Å².